The van der Waals surface area contributed by atoms with Gasteiger partial charge in [0.1, 0.15) is 12.4 Å². The second-order valence-corrected chi connectivity index (χ2v) is 5.11. The van der Waals surface area contributed by atoms with E-state index in [2.05, 4.69) is 11.1 Å². The Bertz CT molecular complexity index is 912. The molecule has 1 aromatic heterocycles. The van der Waals surface area contributed by atoms with E-state index in [0.29, 0.717) is 29.0 Å². The second kappa shape index (κ2) is 6.15. The summed E-state index contributed by atoms with van der Waals surface area (Å²) in [6.45, 7) is 0.603. The van der Waals surface area contributed by atoms with E-state index in [0.717, 1.165) is 17.7 Å². The Morgan fingerprint density at radius 2 is 2.00 bits per heavy atom. The van der Waals surface area contributed by atoms with E-state index in [1.807, 2.05) is 6.07 Å². The Kier molecular flexibility index (Phi) is 4.04. The molecule has 0 aliphatic rings. The summed E-state index contributed by atoms with van der Waals surface area (Å²) in [5, 5.41) is 8.99. The Hall–Kier alpha value is -2.78. The van der Waals surface area contributed by atoms with Gasteiger partial charge in [-0.15, -0.1) is 0 Å². The van der Waals surface area contributed by atoms with E-state index >= 15 is 0 Å². The largest absolute Gasteiger partial charge is 0.377 e. The summed E-state index contributed by atoms with van der Waals surface area (Å²) in [7, 11) is 1.53. The number of methoxy groups -OCH3 is 1. The maximum atomic E-state index is 13.6. The summed E-state index contributed by atoms with van der Waals surface area (Å²) >= 11 is 0. The van der Waals surface area contributed by atoms with Crippen LogP contribution in [0.3, 0.4) is 0 Å². The highest BCUT2D eigenvalue weighted by Gasteiger charge is 2.14. The van der Waals surface area contributed by atoms with Crippen LogP contribution in [-0.4, -0.2) is 16.7 Å². The van der Waals surface area contributed by atoms with E-state index in [1.165, 1.54) is 7.11 Å². The molecule has 0 saturated carbocycles. The number of rotatable bonds is 4. The predicted octanol–water partition coefficient (Wildman–Crippen LogP) is 3.38. The van der Waals surface area contributed by atoms with Gasteiger partial charge in [0.2, 0.25) is 0 Å². The van der Waals surface area contributed by atoms with Gasteiger partial charge in [-0.25, -0.2) is 13.8 Å². The van der Waals surface area contributed by atoms with E-state index in [1.54, 1.807) is 22.8 Å². The van der Waals surface area contributed by atoms with Crippen molar-refractivity contribution in [1.29, 1.82) is 5.26 Å². The zero-order chi connectivity index (χ0) is 16.4. The molecule has 0 aliphatic heterocycles. The summed E-state index contributed by atoms with van der Waals surface area (Å²) in [4.78, 5) is 4.31. The fraction of sp³-hybridized carbons (Fsp3) is 0.176. The van der Waals surface area contributed by atoms with Crippen LogP contribution in [-0.2, 0) is 17.9 Å². The highest BCUT2D eigenvalue weighted by molar-refractivity contribution is 5.76. The summed E-state index contributed by atoms with van der Waals surface area (Å²) in [6.07, 6.45) is 0. The summed E-state index contributed by atoms with van der Waals surface area (Å²) in [5.41, 5.74) is 2.26. The van der Waals surface area contributed by atoms with Gasteiger partial charge in [0.05, 0.1) is 22.7 Å². The third-order valence-corrected chi connectivity index (χ3v) is 3.54. The van der Waals surface area contributed by atoms with E-state index in [4.69, 9.17) is 10.00 Å². The van der Waals surface area contributed by atoms with Crippen molar-refractivity contribution in [2.45, 2.75) is 13.2 Å². The molecule has 116 valence electrons. The Morgan fingerprint density at radius 1 is 1.22 bits per heavy atom. The fourth-order valence-electron chi connectivity index (χ4n) is 2.51. The minimum atomic E-state index is -0.933. The van der Waals surface area contributed by atoms with Gasteiger partial charge in [0.25, 0.3) is 0 Å². The molecule has 3 aromatic rings. The zero-order valence-electron chi connectivity index (χ0n) is 12.4. The highest BCUT2D eigenvalue weighted by atomic mass is 19.2. The van der Waals surface area contributed by atoms with Crippen LogP contribution in [0, 0.1) is 23.0 Å². The molecule has 0 atom stereocenters. The number of nitriles is 1. The molecule has 2 aromatic carbocycles. The SMILES string of the molecule is COCc1nc2cc(F)c(F)cc2n1Cc1cccc(C#N)c1. The maximum absolute atomic E-state index is 13.6. The molecular weight excluding hydrogens is 300 g/mol. The van der Waals surface area contributed by atoms with Crippen molar-refractivity contribution in [3.8, 4) is 6.07 Å². The number of ether oxygens (including phenoxy) is 1. The molecule has 0 amide bonds. The Morgan fingerprint density at radius 3 is 2.74 bits per heavy atom. The molecule has 0 N–H and O–H groups in total. The van der Waals surface area contributed by atoms with Gasteiger partial charge in [0.15, 0.2) is 11.6 Å². The summed E-state index contributed by atoms with van der Waals surface area (Å²) in [6, 6.07) is 11.4. The van der Waals surface area contributed by atoms with E-state index < -0.39 is 11.6 Å². The van der Waals surface area contributed by atoms with Crippen molar-refractivity contribution < 1.29 is 13.5 Å². The van der Waals surface area contributed by atoms with Crippen molar-refractivity contribution in [3.05, 3.63) is 65.0 Å². The molecule has 0 spiro atoms. The lowest BCUT2D eigenvalue weighted by molar-refractivity contribution is 0.175. The topological polar surface area (TPSA) is 50.8 Å². The molecule has 0 aliphatic carbocycles. The number of aromatic nitrogens is 2. The number of halogens is 2. The molecule has 0 saturated heterocycles. The third-order valence-electron chi connectivity index (χ3n) is 3.54. The maximum Gasteiger partial charge on any atom is 0.161 e. The minimum Gasteiger partial charge on any atom is -0.377 e. The van der Waals surface area contributed by atoms with Gasteiger partial charge in [-0.3, -0.25) is 0 Å². The molecule has 0 radical (unpaired) electrons. The van der Waals surface area contributed by atoms with Gasteiger partial charge >= 0.3 is 0 Å². The van der Waals surface area contributed by atoms with Crippen LogP contribution in [0.25, 0.3) is 11.0 Å². The molecule has 1 heterocycles. The van der Waals surface area contributed by atoms with Gasteiger partial charge in [-0.2, -0.15) is 5.26 Å². The third kappa shape index (κ3) is 2.91. The average molecular weight is 313 g/mol. The summed E-state index contributed by atoms with van der Waals surface area (Å²) in [5.74, 6) is -1.29. The number of imidazole rings is 1. The lowest BCUT2D eigenvalue weighted by Gasteiger charge is -2.09. The second-order valence-electron chi connectivity index (χ2n) is 5.11. The quantitative estimate of drug-likeness (QED) is 0.742. The number of hydrogen-bond acceptors (Lipinski definition) is 3. The first-order valence-electron chi connectivity index (χ1n) is 6.94. The van der Waals surface area contributed by atoms with Gasteiger partial charge in [0, 0.05) is 25.8 Å². The van der Waals surface area contributed by atoms with E-state index in [9.17, 15) is 8.78 Å². The smallest absolute Gasteiger partial charge is 0.161 e. The van der Waals surface area contributed by atoms with Crippen molar-refractivity contribution >= 4 is 11.0 Å². The monoisotopic (exact) mass is 313 g/mol. The van der Waals surface area contributed by atoms with Crippen LogP contribution in [0.15, 0.2) is 36.4 Å². The van der Waals surface area contributed by atoms with Gasteiger partial charge < -0.3 is 9.30 Å². The first kappa shape index (κ1) is 15.1. The molecule has 6 heteroatoms. The van der Waals surface area contributed by atoms with Crippen LogP contribution in [0.2, 0.25) is 0 Å². The lowest BCUT2D eigenvalue weighted by Crippen LogP contribution is -2.06. The van der Waals surface area contributed by atoms with Gasteiger partial charge in [-0.1, -0.05) is 12.1 Å². The van der Waals surface area contributed by atoms with Crippen molar-refractivity contribution in [3.63, 3.8) is 0 Å². The van der Waals surface area contributed by atoms with E-state index in [-0.39, 0.29) is 6.61 Å². The molecule has 23 heavy (non-hydrogen) atoms. The fourth-order valence-corrected chi connectivity index (χ4v) is 2.51. The van der Waals surface area contributed by atoms with Crippen LogP contribution >= 0.6 is 0 Å². The molecule has 0 fully saturated rings. The van der Waals surface area contributed by atoms with Gasteiger partial charge in [-0.05, 0) is 17.7 Å². The Labute approximate surface area is 131 Å². The molecule has 3 rings (SSSR count). The average Bonchev–Trinajstić information content (AvgIpc) is 2.85. The minimum absolute atomic E-state index is 0.218. The number of fused-ring (bicyclic) bond motifs is 1. The Balaban J connectivity index is 2.12. The molecule has 0 bridgehead atoms. The molecule has 0 unspecified atom stereocenters. The van der Waals surface area contributed by atoms with Crippen LogP contribution in [0.5, 0.6) is 0 Å². The summed E-state index contributed by atoms with van der Waals surface area (Å²) < 4.78 is 33.9. The number of nitrogens with zero attached hydrogens (tertiary/aromatic N) is 3. The highest BCUT2D eigenvalue weighted by Crippen LogP contribution is 2.22. The lowest BCUT2D eigenvalue weighted by atomic mass is 10.1. The number of hydrogen-bond donors (Lipinski definition) is 0. The van der Waals surface area contributed by atoms with Crippen LogP contribution < -0.4 is 0 Å². The number of benzene rings is 2. The van der Waals surface area contributed by atoms with Crippen molar-refractivity contribution in [1.82, 2.24) is 9.55 Å². The zero-order valence-corrected chi connectivity index (χ0v) is 12.4. The van der Waals surface area contributed by atoms with Crippen LogP contribution in [0.4, 0.5) is 8.78 Å². The van der Waals surface area contributed by atoms with Crippen LogP contribution in [0.1, 0.15) is 17.0 Å². The van der Waals surface area contributed by atoms with Crippen molar-refractivity contribution in [2.24, 2.45) is 0 Å². The standard InChI is InChI=1S/C17H13F2N3O/c1-23-10-17-21-15-6-13(18)14(19)7-16(15)22(17)9-12-4-2-3-11(5-12)8-20/h2-7H,9-10H2,1H3. The van der Waals surface area contributed by atoms with Crippen molar-refractivity contribution in [2.75, 3.05) is 7.11 Å². The predicted molar refractivity (Wildman–Crippen MR) is 80.6 cm³/mol. The molecule has 4 nitrogen and oxygen atoms in total. The molecular formula is C17H13F2N3O. The first-order valence-corrected chi connectivity index (χ1v) is 6.94. The first-order chi connectivity index (χ1) is 11.1. The normalized spacial score (nSPS) is 10.9.